The molecule has 0 bridgehead atoms. The Hall–Kier alpha value is -1.97. The molecule has 0 amide bonds. The summed E-state index contributed by atoms with van der Waals surface area (Å²) in [6.07, 6.45) is 4.79. The molecule has 0 aliphatic carbocycles. The van der Waals surface area contributed by atoms with Gasteiger partial charge in [0.1, 0.15) is 11.6 Å². The highest BCUT2D eigenvalue weighted by atomic mass is 15.0. The first-order valence-electron chi connectivity index (χ1n) is 6.86. The summed E-state index contributed by atoms with van der Waals surface area (Å²) in [6.45, 7) is 5.20. The zero-order chi connectivity index (χ0) is 13.5. The molecule has 2 rings (SSSR count). The van der Waals surface area contributed by atoms with Crippen LogP contribution in [0.4, 0.5) is 5.82 Å². The first-order valence-corrected chi connectivity index (χ1v) is 6.86. The number of aryl methyl sites for hydroxylation is 1. The van der Waals surface area contributed by atoms with Crippen molar-refractivity contribution in [3.8, 4) is 11.4 Å². The number of rotatable bonds is 6. The normalized spacial score (nSPS) is 10.4. The zero-order valence-corrected chi connectivity index (χ0v) is 11.6. The summed E-state index contributed by atoms with van der Waals surface area (Å²) in [7, 11) is 0. The Bertz CT molecular complexity index is 511. The molecule has 2 aromatic heterocycles. The Morgan fingerprint density at radius 1 is 1.05 bits per heavy atom. The van der Waals surface area contributed by atoms with E-state index in [2.05, 4.69) is 34.1 Å². The predicted molar refractivity (Wildman–Crippen MR) is 78.0 cm³/mol. The van der Waals surface area contributed by atoms with Crippen LogP contribution in [-0.4, -0.2) is 21.5 Å². The van der Waals surface area contributed by atoms with E-state index >= 15 is 0 Å². The molecule has 100 valence electrons. The van der Waals surface area contributed by atoms with Crippen molar-refractivity contribution in [2.45, 2.75) is 33.1 Å². The first-order chi connectivity index (χ1) is 9.33. The molecule has 4 heteroatoms. The fraction of sp³-hybridized carbons (Fsp3) is 0.400. The Balaban J connectivity index is 2.33. The van der Waals surface area contributed by atoms with E-state index in [1.54, 1.807) is 6.20 Å². The molecule has 0 aliphatic heterocycles. The van der Waals surface area contributed by atoms with Gasteiger partial charge in [-0.05, 0) is 25.0 Å². The number of nitrogens with one attached hydrogen (secondary N) is 1. The third kappa shape index (κ3) is 3.74. The lowest BCUT2D eigenvalue weighted by atomic mass is 10.2. The molecule has 0 atom stereocenters. The minimum atomic E-state index is 0.879. The molecule has 19 heavy (non-hydrogen) atoms. The molecule has 0 spiro atoms. The number of nitrogens with zero attached hydrogens (tertiary/aromatic N) is 3. The Morgan fingerprint density at radius 3 is 2.63 bits per heavy atom. The number of hydrogen-bond donors (Lipinski definition) is 1. The maximum Gasteiger partial charge on any atom is 0.131 e. The van der Waals surface area contributed by atoms with Crippen molar-refractivity contribution < 1.29 is 0 Å². The fourth-order valence-electron chi connectivity index (χ4n) is 1.82. The minimum absolute atomic E-state index is 0.879. The van der Waals surface area contributed by atoms with E-state index in [-0.39, 0.29) is 0 Å². The van der Waals surface area contributed by atoms with Crippen molar-refractivity contribution in [1.29, 1.82) is 0 Å². The third-order valence-corrected chi connectivity index (χ3v) is 2.73. The van der Waals surface area contributed by atoms with E-state index in [1.165, 1.54) is 0 Å². The molecule has 0 fully saturated rings. The van der Waals surface area contributed by atoms with Crippen molar-refractivity contribution in [3.63, 3.8) is 0 Å². The first kappa shape index (κ1) is 13.5. The largest absolute Gasteiger partial charge is 0.370 e. The summed E-state index contributed by atoms with van der Waals surface area (Å²) in [5.74, 6) is 1.77. The molecule has 2 aromatic rings. The van der Waals surface area contributed by atoms with Gasteiger partial charge in [0.2, 0.25) is 0 Å². The SMILES string of the molecule is CCCNc1cc(-c2ccccn2)nc(CCC)n1. The van der Waals surface area contributed by atoms with Crippen LogP contribution in [0.5, 0.6) is 0 Å². The standard InChI is InChI=1S/C15H20N4/c1-3-7-14-18-13(12-8-5-6-10-16-12)11-15(19-14)17-9-4-2/h5-6,8,10-11H,3-4,7,9H2,1-2H3,(H,17,18,19). The van der Waals surface area contributed by atoms with Gasteiger partial charge in [0, 0.05) is 25.2 Å². The second-order valence-corrected chi connectivity index (χ2v) is 4.45. The van der Waals surface area contributed by atoms with Crippen molar-refractivity contribution in [1.82, 2.24) is 15.0 Å². The van der Waals surface area contributed by atoms with Crippen molar-refractivity contribution >= 4 is 5.82 Å². The minimum Gasteiger partial charge on any atom is -0.370 e. The number of pyridine rings is 1. The highest BCUT2D eigenvalue weighted by molar-refractivity contribution is 5.58. The van der Waals surface area contributed by atoms with Crippen LogP contribution in [0, 0.1) is 0 Å². The maximum absolute atomic E-state index is 4.59. The molecule has 0 aromatic carbocycles. The monoisotopic (exact) mass is 256 g/mol. The third-order valence-electron chi connectivity index (χ3n) is 2.73. The topological polar surface area (TPSA) is 50.7 Å². The summed E-state index contributed by atoms with van der Waals surface area (Å²) in [5, 5.41) is 3.32. The second kappa shape index (κ2) is 6.83. The highest BCUT2D eigenvalue weighted by Crippen LogP contribution is 2.18. The molecule has 4 nitrogen and oxygen atoms in total. The summed E-state index contributed by atoms with van der Waals surface area (Å²) >= 11 is 0. The summed E-state index contributed by atoms with van der Waals surface area (Å²) in [6, 6.07) is 7.83. The molecular weight excluding hydrogens is 236 g/mol. The molecule has 0 saturated heterocycles. The van der Waals surface area contributed by atoms with Crippen molar-refractivity contribution in [3.05, 3.63) is 36.3 Å². The summed E-state index contributed by atoms with van der Waals surface area (Å²) in [5.41, 5.74) is 1.78. The molecule has 0 aliphatic rings. The Morgan fingerprint density at radius 2 is 1.95 bits per heavy atom. The molecule has 1 N–H and O–H groups in total. The van der Waals surface area contributed by atoms with Gasteiger partial charge in [0.25, 0.3) is 0 Å². The van der Waals surface area contributed by atoms with E-state index in [1.807, 2.05) is 24.3 Å². The van der Waals surface area contributed by atoms with Gasteiger partial charge in [-0.1, -0.05) is 19.9 Å². The maximum atomic E-state index is 4.59. The quantitative estimate of drug-likeness (QED) is 0.861. The van der Waals surface area contributed by atoms with E-state index in [0.717, 1.165) is 48.8 Å². The van der Waals surface area contributed by atoms with Gasteiger partial charge in [-0.3, -0.25) is 4.98 Å². The van der Waals surface area contributed by atoms with Gasteiger partial charge < -0.3 is 5.32 Å². The van der Waals surface area contributed by atoms with Gasteiger partial charge in [0.15, 0.2) is 0 Å². The van der Waals surface area contributed by atoms with E-state index in [4.69, 9.17) is 0 Å². The smallest absolute Gasteiger partial charge is 0.131 e. The van der Waals surface area contributed by atoms with Crippen LogP contribution in [0.3, 0.4) is 0 Å². The van der Waals surface area contributed by atoms with Crippen molar-refractivity contribution in [2.75, 3.05) is 11.9 Å². The van der Waals surface area contributed by atoms with Gasteiger partial charge in [-0.25, -0.2) is 9.97 Å². The lowest BCUT2D eigenvalue weighted by Crippen LogP contribution is -2.06. The zero-order valence-electron chi connectivity index (χ0n) is 11.6. The highest BCUT2D eigenvalue weighted by Gasteiger charge is 2.06. The molecule has 0 unspecified atom stereocenters. The van der Waals surface area contributed by atoms with E-state index < -0.39 is 0 Å². The van der Waals surface area contributed by atoms with E-state index in [9.17, 15) is 0 Å². The van der Waals surface area contributed by atoms with Gasteiger partial charge in [-0.2, -0.15) is 0 Å². The molecule has 0 radical (unpaired) electrons. The number of aromatic nitrogens is 3. The summed E-state index contributed by atoms with van der Waals surface area (Å²) in [4.78, 5) is 13.5. The van der Waals surface area contributed by atoms with Crippen LogP contribution in [-0.2, 0) is 6.42 Å². The van der Waals surface area contributed by atoms with E-state index in [0.29, 0.717) is 0 Å². The van der Waals surface area contributed by atoms with Crippen LogP contribution >= 0.6 is 0 Å². The van der Waals surface area contributed by atoms with Crippen LogP contribution in [0.1, 0.15) is 32.5 Å². The average molecular weight is 256 g/mol. The van der Waals surface area contributed by atoms with Crippen molar-refractivity contribution in [2.24, 2.45) is 0 Å². The Kier molecular flexibility index (Phi) is 4.84. The predicted octanol–water partition coefficient (Wildman–Crippen LogP) is 3.31. The van der Waals surface area contributed by atoms with Crippen LogP contribution in [0.15, 0.2) is 30.5 Å². The van der Waals surface area contributed by atoms with Gasteiger partial charge in [-0.15, -0.1) is 0 Å². The van der Waals surface area contributed by atoms with Gasteiger partial charge >= 0.3 is 0 Å². The Labute approximate surface area is 114 Å². The lowest BCUT2D eigenvalue weighted by Gasteiger charge is -2.08. The van der Waals surface area contributed by atoms with Crippen LogP contribution in [0.25, 0.3) is 11.4 Å². The number of hydrogen-bond acceptors (Lipinski definition) is 4. The number of anilines is 1. The molecule has 2 heterocycles. The lowest BCUT2D eigenvalue weighted by molar-refractivity contribution is 0.833. The molecular formula is C15H20N4. The van der Waals surface area contributed by atoms with Gasteiger partial charge in [0.05, 0.1) is 11.4 Å². The fourth-order valence-corrected chi connectivity index (χ4v) is 1.82. The van der Waals surface area contributed by atoms with Crippen LogP contribution < -0.4 is 5.32 Å². The molecule has 0 saturated carbocycles. The van der Waals surface area contributed by atoms with Crippen LogP contribution in [0.2, 0.25) is 0 Å². The average Bonchev–Trinajstić information content (AvgIpc) is 2.46. The summed E-state index contributed by atoms with van der Waals surface area (Å²) < 4.78 is 0. The second-order valence-electron chi connectivity index (χ2n) is 4.45.